The van der Waals surface area contributed by atoms with E-state index in [1.165, 1.54) is 21.0 Å². The van der Waals surface area contributed by atoms with Crippen molar-refractivity contribution in [1.29, 1.82) is 0 Å². The number of imide groups is 1. The Kier molecular flexibility index (Phi) is 3.59. The second kappa shape index (κ2) is 5.89. The van der Waals surface area contributed by atoms with E-state index in [2.05, 4.69) is 10.3 Å². The number of hydrogen-bond acceptors (Lipinski definition) is 5. The highest BCUT2D eigenvalue weighted by Crippen LogP contribution is 2.37. The Morgan fingerprint density at radius 1 is 1.00 bits per heavy atom. The number of anilines is 2. The van der Waals surface area contributed by atoms with E-state index in [1.54, 1.807) is 6.07 Å². The van der Waals surface area contributed by atoms with Crippen LogP contribution in [0, 0.1) is 6.92 Å². The number of fused-ring (bicyclic) bond motifs is 2. The number of hydrogen-bond donors (Lipinski definition) is 0. The largest absolute Gasteiger partial charge is 0.271 e. The van der Waals surface area contributed by atoms with Crippen LogP contribution in [-0.2, 0) is 22.4 Å². The van der Waals surface area contributed by atoms with Gasteiger partial charge in [-0.3, -0.25) is 9.59 Å². The zero-order valence-corrected chi connectivity index (χ0v) is 15.5. The fourth-order valence-electron chi connectivity index (χ4n) is 4.05. The second-order valence-corrected chi connectivity index (χ2v) is 7.60. The highest BCUT2D eigenvalue weighted by Gasteiger charge is 2.55. The number of benzene rings is 2. The summed E-state index contributed by atoms with van der Waals surface area (Å²) in [5, 5.41) is 10.2. The van der Waals surface area contributed by atoms with Gasteiger partial charge in [0.25, 0.3) is 11.8 Å². The predicted octanol–water partition coefficient (Wildman–Crippen LogP) is 3.63. The van der Waals surface area contributed by atoms with Gasteiger partial charge >= 0.3 is 0 Å². The first-order valence-corrected chi connectivity index (χ1v) is 9.38. The highest BCUT2D eigenvalue weighted by atomic mass is 35.5. The molecule has 2 amide bonds. The number of halogens is 1. The molecule has 0 radical (unpaired) electrons. The van der Waals surface area contributed by atoms with Crippen molar-refractivity contribution < 1.29 is 9.59 Å². The molecule has 5 rings (SSSR count). The smallest absolute Gasteiger partial charge is 0.263 e. The molecule has 2 aliphatic heterocycles. The minimum absolute atomic E-state index is 0.301. The lowest BCUT2D eigenvalue weighted by molar-refractivity contribution is -0.121. The van der Waals surface area contributed by atoms with E-state index in [1.807, 2.05) is 37.3 Å². The average Bonchev–Trinajstić information content (AvgIpc) is 3.34. The summed E-state index contributed by atoms with van der Waals surface area (Å²) in [6.07, 6.45) is 3.15. The molecule has 2 aromatic carbocycles. The van der Waals surface area contributed by atoms with E-state index in [0.29, 0.717) is 16.4 Å². The minimum Gasteiger partial charge on any atom is -0.271 e. The summed E-state index contributed by atoms with van der Waals surface area (Å²) in [4.78, 5) is 27.3. The van der Waals surface area contributed by atoms with Crippen molar-refractivity contribution in [3.63, 3.8) is 0 Å². The molecule has 0 spiro atoms. The minimum atomic E-state index is -0.814. The zero-order chi connectivity index (χ0) is 18.7. The van der Waals surface area contributed by atoms with E-state index in [-0.39, 0.29) is 11.8 Å². The summed E-state index contributed by atoms with van der Waals surface area (Å²) in [6.45, 7) is 1.90. The molecule has 2 heterocycles. The highest BCUT2D eigenvalue weighted by molar-refractivity contribution is 6.31. The number of aryl methyl sites for hydroxylation is 3. The van der Waals surface area contributed by atoms with Gasteiger partial charge in [0.15, 0.2) is 12.1 Å². The van der Waals surface area contributed by atoms with Crippen molar-refractivity contribution in [3.05, 3.63) is 58.1 Å². The number of nitrogens with zero attached hydrogens (tertiary/aromatic N) is 4. The number of amides is 2. The van der Waals surface area contributed by atoms with Crippen molar-refractivity contribution in [2.45, 2.75) is 38.3 Å². The Bertz CT molecular complexity index is 1020. The number of carbonyl (C=O) groups is 2. The van der Waals surface area contributed by atoms with Crippen molar-refractivity contribution >= 4 is 34.8 Å². The molecule has 3 aliphatic rings. The Labute approximate surface area is 161 Å². The molecule has 136 valence electrons. The molecule has 1 aliphatic carbocycles. The van der Waals surface area contributed by atoms with Gasteiger partial charge in [0.2, 0.25) is 0 Å². The lowest BCUT2D eigenvalue weighted by Gasteiger charge is -2.21. The molecule has 0 bridgehead atoms. The Morgan fingerprint density at radius 3 is 2.59 bits per heavy atom. The van der Waals surface area contributed by atoms with Crippen LogP contribution in [0.5, 0.6) is 0 Å². The molecule has 2 aromatic rings. The van der Waals surface area contributed by atoms with Crippen LogP contribution in [-0.4, -0.2) is 23.9 Å². The third kappa shape index (κ3) is 2.40. The maximum absolute atomic E-state index is 13.1. The van der Waals surface area contributed by atoms with Crippen molar-refractivity contribution in [3.8, 4) is 0 Å². The van der Waals surface area contributed by atoms with Crippen LogP contribution in [0.3, 0.4) is 0 Å². The third-order valence-corrected chi connectivity index (χ3v) is 5.95. The van der Waals surface area contributed by atoms with E-state index >= 15 is 0 Å². The average molecular weight is 381 g/mol. The van der Waals surface area contributed by atoms with Crippen LogP contribution < -0.4 is 9.91 Å². The van der Waals surface area contributed by atoms with Crippen LogP contribution in [0.25, 0.3) is 0 Å². The molecule has 0 aromatic heterocycles. The molecule has 2 atom stereocenters. The van der Waals surface area contributed by atoms with Gasteiger partial charge in [-0.25, -0.2) is 9.91 Å². The van der Waals surface area contributed by atoms with Crippen molar-refractivity contribution in [2.24, 2.45) is 10.3 Å². The topological polar surface area (TPSA) is 65.3 Å². The molecule has 6 nitrogen and oxygen atoms in total. The van der Waals surface area contributed by atoms with Gasteiger partial charge in [-0.1, -0.05) is 29.0 Å². The zero-order valence-electron chi connectivity index (χ0n) is 14.7. The molecule has 0 saturated carbocycles. The first kappa shape index (κ1) is 16.4. The summed E-state index contributed by atoms with van der Waals surface area (Å²) in [5.41, 5.74) is 4.72. The van der Waals surface area contributed by atoms with E-state index < -0.39 is 12.1 Å². The molecular weight excluding hydrogens is 364 g/mol. The predicted molar refractivity (Wildman–Crippen MR) is 102 cm³/mol. The fraction of sp³-hybridized carbons (Fsp3) is 0.300. The Balaban J connectivity index is 1.50. The first-order valence-electron chi connectivity index (χ1n) is 9.00. The van der Waals surface area contributed by atoms with Crippen LogP contribution in [0.2, 0.25) is 5.02 Å². The van der Waals surface area contributed by atoms with Crippen LogP contribution >= 0.6 is 11.6 Å². The summed E-state index contributed by atoms with van der Waals surface area (Å²) >= 11 is 6.22. The van der Waals surface area contributed by atoms with E-state index in [9.17, 15) is 9.59 Å². The Hall–Kier alpha value is -2.73. The first-order chi connectivity index (χ1) is 13.0. The maximum Gasteiger partial charge on any atom is 0.263 e. The normalized spacial score (nSPS) is 23.3. The van der Waals surface area contributed by atoms with Gasteiger partial charge in [0, 0.05) is 5.02 Å². The lowest BCUT2D eigenvalue weighted by atomic mass is 10.1. The van der Waals surface area contributed by atoms with Gasteiger partial charge in [-0.15, -0.1) is 0 Å². The van der Waals surface area contributed by atoms with Crippen molar-refractivity contribution in [1.82, 2.24) is 0 Å². The lowest BCUT2D eigenvalue weighted by Crippen LogP contribution is -2.40. The van der Waals surface area contributed by atoms with Crippen LogP contribution in [0.1, 0.15) is 23.1 Å². The van der Waals surface area contributed by atoms with Crippen molar-refractivity contribution in [2.75, 3.05) is 9.91 Å². The quantitative estimate of drug-likeness (QED) is 0.747. The summed E-state index contributed by atoms with van der Waals surface area (Å²) in [7, 11) is 0. The standard InChI is InChI=1S/C20H17ClN4O2/c1-11-5-7-15(10-16(11)21)25-18-17(22-23-25)19(26)24(20(18)27)14-8-6-12-3-2-4-13(12)9-14/h5-10,17-18H,2-4H2,1H3/t17-,18+/m0/s1. The molecule has 0 N–H and O–H groups in total. The maximum atomic E-state index is 13.1. The van der Waals surface area contributed by atoms with E-state index in [4.69, 9.17) is 11.6 Å². The van der Waals surface area contributed by atoms with Gasteiger partial charge < -0.3 is 0 Å². The number of rotatable bonds is 2. The monoisotopic (exact) mass is 380 g/mol. The van der Waals surface area contributed by atoms with Crippen LogP contribution in [0.4, 0.5) is 11.4 Å². The molecule has 1 fully saturated rings. The molecular formula is C20H17ClN4O2. The third-order valence-electron chi connectivity index (χ3n) is 5.54. The fourth-order valence-corrected chi connectivity index (χ4v) is 4.22. The van der Waals surface area contributed by atoms with Gasteiger partial charge in [-0.2, -0.15) is 5.11 Å². The van der Waals surface area contributed by atoms with Gasteiger partial charge in [-0.05, 0) is 67.1 Å². The van der Waals surface area contributed by atoms with Gasteiger partial charge in [0.05, 0.1) is 11.4 Å². The molecule has 7 heteroatoms. The molecule has 1 saturated heterocycles. The van der Waals surface area contributed by atoms with E-state index in [0.717, 1.165) is 24.8 Å². The summed E-state index contributed by atoms with van der Waals surface area (Å²) in [6, 6.07) is 9.70. The SMILES string of the molecule is Cc1ccc(N2N=N[C@@H]3C(=O)N(c4ccc5c(c4)CCC5)C(=O)[C@@H]32)cc1Cl. The van der Waals surface area contributed by atoms with Gasteiger partial charge in [0.1, 0.15) is 0 Å². The summed E-state index contributed by atoms with van der Waals surface area (Å²) < 4.78 is 0. The molecule has 0 unspecified atom stereocenters. The molecule has 27 heavy (non-hydrogen) atoms. The Morgan fingerprint density at radius 2 is 1.78 bits per heavy atom. The number of carbonyl (C=O) groups excluding carboxylic acids is 2. The van der Waals surface area contributed by atoms with Crippen LogP contribution in [0.15, 0.2) is 46.7 Å². The summed E-state index contributed by atoms with van der Waals surface area (Å²) in [5.74, 6) is -0.628. The second-order valence-electron chi connectivity index (χ2n) is 7.19.